The van der Waals surface area contributed by atoms with E-state index in [4.69, 9.17) is 4.74 Å². The Morgan fingerprint density at radius 3 is 2.28 bits per heavy atom. The molecule has 0 bridgehead atoms. The Morgan fingerprint density at radius 2 is 1.61 bits per heavy atom. The second kappa shape index (κ2) is 7.01. The van der Waals surface area contributed by atoms with Crippen LogP contribution in [0.25, 0.3) is 0 Å². The van der Waals surface area contributed by atoms with Crippen molar-refractivity contribution >= 4 is 5.97 Å². The molecule has 0 spiro atoms. The molecule has 2 nitrogen and oxygen atoms in total. The normalized spacial score (nSPS) is 9.17. The molecule has 2 aromatic carbocycles. The van der Waals surface area contributed by atoms with Crippen molar-refractivity contribution in [2.75, 3.05) is 7.11 Å². The first-order valence-corrected chi connectivity index (χ1v) is 5.38. The minimum absolute atomic E-state index is 0. The van der Waals surface area contributed by atoms with E-state index in [9.17, 15) is 4.79 Å². The molecule has 0 saturated carbocycles. The fraction of sp³-hybridized carbons (Fsp3) is 0.0667. The average molecular weight is 333 g/mol. The van der Waals surface area contributed by atoms with E-state index < -0.39 is 0 Å². The van der Waals surface area contributed by atoms with Gasteiger partial charge < -0.3 is 4.74 Å². The van der Waals surface area contributed by atoms with Gasteiger partial charge in [0.1, 0.15) is 0 Å². The van der Waals surface area contributed by atoms with E-state index in [1.54, 1.807) is 6.07 Å². The van der Waals surface area contributed by atoms with Gasteiger partial charge in [0, 0.05) is 5.56 Å². The number of hydrogen-bond donors (Lipinski definition) is 0. The summed E-state index contributed by atoms with van der Waals surface area (Å²) in [5, 5.41) is 0. The number of carbonyl (C=O) groups is 1. The van der Waals surface area contributed by atoms with Gasteiger partial charge in [-0.1, -0.05) is 36.4 Å². The van der Waals surface area contributed by atoms with Gasteiger partial charge in [-0.05, 0) is 0 Å². The molecule has 2 rings (SSSR count). The molecule has 0 N–H and O–H groups in total. The standard InChI is InChI=1S/C15H13O2.Pd.H/c1-17-15(16)14-10-6-5-9-13(14)11-12-7-3-2-4-8-12;;/h2-11H,1H3;;/q-1;+1;. The molecule has 3 heteroatoms. The quantitative estimate of drug-likeness (QED) is 0.491. The second-order valence-electron chi connectivity index (χ2n) is 3.63. The van der Waals surface area contributed by atoms with E-state index in [1.807, 2.05) is 55.0 Å². The van der Waals surface area contributed by atoms with Crippen LogP contribution in [-0.4, -0.2) is 13.1 Å². The van der Waals surface area contributed by atoms with Crippen LogP contribution in [0.5, 0.6) is 0 Å². The Bertz CT molecular complexity index is 509. The third kappa shape index (κ3) is 3.47. The molecule has 0 unspecified atom stereocenters. The number of carbonyl (C=O) groups excluding carboxylic acids is 1. The molecular weight excluding hydrogens is 319 g/mol. The number of hydrogen-bond acceptors (Lipinski definition) is 2. The first kappa shape index (κ1) is 14.5. The predicted molar refractivity (Wildman–Crippen MR) is 68.1 cm³/mol. The molecule has 96 valence electrons. The summed E-state index contributed by atoms with van der Waals surface area (Å²) in [6.07, 6.45) is 1.96. The van der Waals surface area contributed by atoms with Crippen LogP contribution in [0, 0.1) is 6.42 Å². The van der Waals surface area contributed by atoms with E-state index in [1.165, 1.54) is 7.11 Å². The van der Waals surface area contributed by atoms with Crippen molar-refractivity contribution in [2.24, 2.45) is 0 Å². The van der Waals surface area contributed by atoms with Crippen LogP contribution in [0.3, 0.4) is 0 Å². The fourth-order valence-electron chi connectivity index (χ4n) is 1.65. The van der Waals surface area contributed by atoms with Crippen LogP contribution in [0.2, 0.25) is 0 Å². The molecule has 0 aliphatic rings. The molecule has 1 radical (unpaired) electrons. The van der Waals surface area contributed by atoms with E-state index >= 15 is 0 Å². The van der Waals surface area contributed by atoms with Crippen LogP contribution >= 0.6 is 0 Å². The first-order valence-electron chi connectivity index (χ1n) is 5.38. The SMILES string of the molecule is COC(=O)c1ccccc1[CH-]c1ccccc1.[PdH+]. The molecule has 0 aliphatic carbocycles. The van der Waals surface area contributed by atoms with Gasteiger partial charge in [-0.3, -0.25) is 4.79 Å². The Kier molecular flexibility index (Phi) is 5.64. The van der Waals surface area contributed by atoms with Crippen molar-refractivity contribution in [3.63, 3.8) is 0 Å². The second-order valence-corrected chi connectivity index (χ2v) is 3.63. The number of ether oxygens (including phenoxy) is 1. The van der Waals surface area contributed by atoms with E-state index in [0.717, 1.165) is 11.1 Å². The zero-order valence-electron chi connectivity index (χ0n) is 9.92. The van der Waals surface area contributed by atoms with Crippen molar-refractivity contribution < 1.29 is 30.0 Å². The average Bonchev–Trinajstić information content (AvgIpc) is 2.40. The van der Waals surface area contributed by atoms with Crippen LogP contribution in [-0.2, 0) is 25.2 Å². The van der Waals surface area contributed by atoms with Gasteiger partial charge in [-0.2, -0.15) is 0 Å². The van der Waals surface area contributed by atoms with Crippen molar-refractivity contribution in [3.8, 4) is 0 Å². The summed E-state index contributed by atoms with van der Waals surface area (Å²) in [6.45, 7) is 0. The van der Waals surface area contributed by atoms with Crippen LogP contribution in [0.15, 0.2) is 54.6 Å². The molecule has 2 aromatic rings. The Balaban J connectivity index is 0.00000162. The zero-order valence-corrected chi connectivity index (χ0v) is 11.6. The molecule has 0 aromatic heterocycles. The monoisotopic (exact) mass is 332 g/mol. The minimum atomic E-state index is -0.312. The topological polar surface area (TPSA) is 26.3 Å². The summed E-state index contributed by atoms with van der Waals surface area (Å²) in [4.78, 5) is 11.6. The maximum absolute atomic E-state index is 11.6. The van der Waals surface area contributed by atoms with Gasteiger partial charge in [-0.25, -0.2) is 0 Å². The Morgan fingerprint density at radius 1 is 1.00 bits per heavy atom. The van der Waals surface area contributed by atoms with Gasteiger partial charge in [0.15, 0.2) is 0 Å². The van der Waals surface area contributed by atoms with Crippen LogP contribution < -0.4 is 0 Å². The zero-order chi connectivity index (χ0) is 12.1. The first-order chi connectivity index (χ1) is 8.31. The van der Waals surface area contributed by atoms with Gasteiger partial charge in [0.2, 0.25) is 0 Å². The van der Waals surface area contributed by atoms with E-state index in [0.29, 0.717) is 5.56 Å². The van der Waals surface area contributed by atoms with Crippen LogP contribution in [0.1, 0.15) is 21.5 Å². The van der Waals surface area contributed by atoms with Gasteiger partial charge in [0.05, 0.1) is 7.11 Å². The Labute approximate surface area is 121 Å². The molecule has 0 amide bonds. The van der Waals surface area contributed by atoms with Crippen LogP contribution in [0.4, 0.5) is 0 Å². The van der Waals surface area contributed by atoms with E-state index in [2.05, 4.69) is 0 Å². The van der Waals surface area contributed by atoms with Crippen molar-refractivity contribution in [2.45, 2.75) is 0 Å². The van der Waals surface area contributed by atoms with E-state index in [-0.39, 0.29) is 26.4 Å². The molecule has 0 aliphatic heterocycles. The number of benzene rings is 2. The summed E-state index contributed by atoms with van der Waals surface area (Å²) >= 11 is 0. The molecular formula is C15H14O2Pd. The molecule has 18 heavy (non-hydrogen) atoms. The summed E-state index contributed by atoms with van der Waals surface area (Å²) < 4.78 is 4.76. The molecule has 0 saturated heterocycles. The summed E-state index contributed by atoms with van der Waals surface area (Å²) in [5.41, 5.74) is 2.51. The van der Waals surface area contributed by atoms with Crippen molar-refractivity contribution in [3.05, 3.63) is 77.7 Å². The summed E-state index contributed by atoms with van der Waals surface area (Å²) in [7, 11) is 1.39. The van der Waals surface area contributed by atoms with Crippen molar-refractivity contribution in [1.82, 2.24) is 0 Å². The molecule has 0 heterocycles. The fourth-order valence-corrected chi connectivity index (χ4v) is 1.65. The number of esters is 1. The predicted octanol–water partition coefficient (Wildman–Crippen LogP) is 2.80. The maximum atomic E-state index is 11.6. The molecule has 0 atom stereocenters. The molecule has 0 fully saturated rings. The third-order valence-electron chi connectivity index (χ3n) is 2.49. The number of rotatable bonds is 3. The third-order valence-corrected chi connectivity index (χ3v) is 2.49. The summed E-state index contributed by atoms with van der Waals surface area (Å²) in [6, 6.07) is 17.3. The van der Waals surface area contributed by atoms with Gasteiger partial charge >= 0.3 is 26.4 Å². The number of methoxy groups -OCH3 is 1. The van der Waals surface area contributed by atoms with Gasteiger partial charge in [0.25, 0.3) is 0 Å². The summed E-state index contributed by atoms with van der Waals surface area (Å²) in [5.74, 6) is -0.312. The Hall–Kier alpha value is -1.56. The van der Waals surface area contributed by atoms with Gasteiger partial charge in [-0.15, -0.1) is 35.7 Å². The van der Waals surface area contributed by atoms with Crippen molar-refractivity contribution in [1.29, 1.82) is 0 Å².